The summed E-state index contributed by atoms with van der Waals surface area (Å²) >= 11 is 0. The van der Waals surface area contributed by atoms with Crippen molar-refractivity contribution in [2.45, 2.75) is 19.1 Å². The fraction of sp³-hybridized carbons (Fsp3) is 0.333. The molecule has 0 aliphatic carbocycles. The molecule has 0 spiro atoms. The number of hydrogen-bond acceptors (Lipinski definition) is 5. The van der Waals surface area contributed by atoms with Gasteiger partial charge in [0.25, 0.3) is 5.91 Å². The standard InChI is InChI=1S/C18H18N2O4/c1-12-5-4-8-17(19-12)23-13-9-20(10-13)18(21)16-11-22-14-6-2-3-7-15(14)24-16/h2-8,13,16H,9-11H2,1H3. The van der Waals surface area contributed by atoms with Crippen LogP contribution in [0.25, 0.3) is 0 Å². The summed E-state index contributed by atoms with van der Waals surface area (Å²) in [7, 11) is 0. The molecule has 1 aromatic heterocycles. The van der Waals surface area contributed by atoms with Crippen LogP contribution in [-0.4, -0.2) is 47.7 Å². The van der Waals surface area contributed by atoms with Crippen LogP contribution in [0, 0.1) is 6.92 Å². The van der Waals surface area contributed by atoms with Crippen molar-refractivity contribution in [3.63, 3.8) is 0 Å². The van der Waals surface area contributed by atoms with Crippen molar-refractivity contribution in [2.24, 2.45) is 0 Å². The third kappa shape index (κ3) is 2.87. The second kappa shape index (κ2) is 6.03. The lowest BCUT2D eigenvalue weighted by Gasteiger charge is -2.40. The molecule has 2 aliphatic rings. The highest BCUT2D eigenvalue weighted by Crippen LogP contribution is 2.31. The van der Waals surface area contributed by atoms with Crippen molar-refractivity contribution < 1.29 is 19.0 Å². The molecule has 1 fully saturated rings. The molecule has 24 heavy (non-hydrogen) atoms. The first kappa shape index (κ1) is 14.8. The van der Waals surface area contributed by atoms with Crippen LogP contribution in [0.4, 0.5) is 0 Å². The van der Waals surface area contributed by atoms with E-state index in [1.165, 1.54) is 0 Å². The van der Waals surface area contributed by atoms with E-state index in [2.05, 4.69) is 4.98 Å². The predicted octanol–water partition coefficient (Wildman–Crippen LogP) is 1.82. The maximum absolute atomic E-state index is 12.5. The number of carbonyl (C=O) groups is 1. The second-order valence-corrected chi connectivity index (χ2v) is 5.96. The van der Waals surface area contributed by atoms with Gasteiger partial charge in [0, 0.05) is 11.8 Å². The molecule has 1 amide bonds. The van der Waals surface area contributed by atoms with Gasteiger partial charge >= 0.3 is 0 Å². The normalized spacial score (nSPS) is 19.5. The number of fused-ring (bicyclic) bond motifs is 1. The highest BCUT2D eigenvalue weighted by atomic mass is 16.6. The zero-order chi connectivity index (χ0) is 16.5. The molecule has 6 heteroatoms. The van der Waals surface area contributed by atoms with Gasteiger partial charge in [-0.1, -0.05) is 18.2 Å². The van der Waals surface area contributed by atoms with Crippen LogP contribution in [0.1, 0.15) is 5.69 Å². The molecule has 6 nitrogen and oxygen atoms in total. The predicted molar refractivity (Wildman–Crippen MR) is 86.3 cm³/mol. The average Bonchev–Trinajstić information content (AvgIpc) is 2.57. The zero-order valence-corrected chi connectivity index (χ0v) is 13.3. The number of aryl methyl sites for hydroxylation is 1. The van der Waals surface area contributed by atoms with E-state index in [0.717, 1.165) is 5.69 Å². The van der Waals surface area contributed by atoms with Crippen molar-refractivity contribution in [1.82, 2.24) is 9.88 Å². The first-order valence-corrected chi connectivity index (χ1v) is 7.96. The number of aromatic nitrogens is 1. The van der Waals surface area contributed by atoms with Crippen LogP contribution in [-0.2, 0) is 4.79 Å². The van der Waals surface area contributed by atoms with Gasteiger partial charge in [-0.15, -0.1) is 0 Å². The number of pyridine rings is 1. The quantitative estimate of drug-likeness (QED) is 0.861. The number of rotatable bonds is 3. The molecule has 0 N–H and O–H groups in total. The molecule has 1 saturated heterocycles. The Hall–Kier alpha value is -2.76. The Morgan fingerprint density at radius 2 is 1.96 bits per heavy atom. The fourth-order valence-electron chi connectivity index (χ4n) is 2.79. The van der Waals surface area contributed by atoms with E-state index in [1.807, 2.05) is 43.3 Å². The van der Waals surface area contributed by atoms with Gasteiger partial charge in [-0.3, -0.25) is 4.79 Å². The van der Waals surface area contributed by atoms with E-state index >= 15 is 0 Å². The number of likely N-dealkylation sites (tertiary alicyclic amines) is 1. The van der Waals surface area contributed by atoms with E-state index < -0.39 is 6.10 Å². The zero-order valence-electron chi connectivity index (χ0n) is 13.3. The van der Waals surface area contributed by atoms with Crippen LogP contribution >= 0.6 is 0 Å². The Bertz CT molecular complexity index is 758. The number of hydrogen-bond donors (Lipinski definition) is 0. The molecule has 1 unspecified atom stereocenters. The Kier molecular flexibility index (Phi) is 3.72. The lowest BCUT2D eigenvalue weighted by molar-refractivity contribution is -0.150. The first-order chi connectivity index (χ1) is 11.7. The van der Waals surface area contributed by atoms with Crippen LogP contribution < -0.4 is 14.2 Å². The van der Waals surface area contributed by atoms with Crippen molar-refractivity contribution in [3.05, 3.63) is 48.2 Å². The lowest BCUT2D eigenvalue weighted by Crippen LogP contribution is -2.60. The molecule has 3 heterocycles. The Morgan fingerprint density at radius 1 is 1.17 bits per heavy atom. The molecule has 1 atom stereocenters. The van der Waals surface area contributed by atoms with Crippen LogP contribution in [0.15, 0.2) is 42.5 Å². The third-order valence-electron chi connectivity index (χ3n) is 4.09. The first-order valence-electron chi connectivity index (χ1n) is 7.96. The van der Waals surface area contributed by atoms with Gasteiger partial charge in [0.1, 0.15) is 12.7 Å². The molecule has 0 bridgehead atoms. The lowest BCUT2D eigenvalue weighted by atomic mass is 10.1. The molecule has 2 aliphatic heterocycles. The van der Waals surface area contributed by atoms with Gasteiger partial charge in [-0.2, -0.15) is 0 Å². The van der Waals surface area contributed by atoms with Gasteiger partial charge in [0.05, 0.1) is 13.1 Å². The topological polar surface area (TPSA) is 60.9 Å². The molecular formula is C18H18N2O4. The van der Waals surface area contributed by atoms with E-state index in [1.54, 1.807) is 11.0 Å². The average molecular weight is 326 g/mol. The van der Waals surface area contributed by atoms with E-state index in [9.17, 15) is 4.79 Å². The van der Waals surface area contributed by atoms with Gasteiger partial charge in [0.2, 0.25) is 12.0 Å². The Labute approximate surface area is 140 Å². The number of amides is 1. The largest absolute Gasteiger partial charge is 0.485 e. The van der Waals surface area contributed by atoms with Gasteiger partial charge in [-0.05, 0) is 25.1 Å². The highest BCUT2D eigenvalue weighted by Gasteiger charge is 2.38. The van der Waals surface area contributed by atoms with Gasteiger partial charge < -0.3 is 19.1 Å². The maximum Gasteiger partial charge on any atom is 0.267 e. The number of benzene rings is 1. The van der Waals surface area contributed by atoms with Gasteiger partial charge in [-0.25, -0.2) is 4.98 Å². The summed E-state index contributed by atoms with van der Waals surface area (Å²) in [4.78, 5) is 18.5. The minimum atomic E-state index is -0.599. The molecule has 1 aromatic carbocycles. The minimum Gasteiger partial charge on any atom is -0.485 e. The maximum atomic E-state index is 12.5. The summed E-state index contributed by atoms with van der Waals surface area (Å²) in [5, 5.41) is 0. The fourth-order valence-corrected chi connectivity index (χ4v) is 2.79. The number of ether oxygens (including phenoxy) is 3. The minimum absolute atomic E-state index is 0.0277. The SMILES string of the molecule is Cc1cccc(OC2CN(C(=O)C3COc4ccccc4O3)C2)n1. The molecule has 2 aromatic rings. The second-order valence-electron chi connectivity index (χ2n) is 5.96. The third-order valence-corrected chi connectivity index (χ3v) is 4.09. The molecule has 0 saturated carbocycles. The molecule has 4 rings (SSSR count). The summed E-state index contributed by atoms with van der Waals surface area (Å²) in [6.07, 6.45) is -0.627. The van der Waals surface area contributed by atoms with Crippen LogP contribution in [0.2, 0.25) is 0 Å². The summed E-state index contributed by atoms with van der Waals surface area (Å²) in [5.74, 6) is 1.82. The van der Waals surface area contributed by atoms with Gasteiger partial charge in [0.15, 0.2) is 11.5 Å². The van der Waals surface area contributed by atoms with Crippen molar-refractivity contribution in [1.29, 1.82) is 0 Å². The Morgan fingerprint density at radius 3 is 2.75 bits per heavy atom. The number of carbonyl (C=O) groups excluding carboxylic acids is 1. The molecular weight excluding hydrogens is 308 g/mol. The van der Waals surface area contributed by atoms with Crippen LogP contribution in [0.5, 0.6) is 17.4 Å². The van der Waals surface area contributed by atoms with E-state index in [0.29, 0.717) is 30.5 Å². The van der Waals surface area contributed by atoms with E-state index in [4.69, 9.17) is 14.2 Å². The summed E-state index contributed by atoms with van der Waals surface area (Å²) in [6.45, 7) is 3.23. The Balaban J connectivity index is 1.32. The monoisotopic (exact) mass is 326 g/mol. The summed E-state index contributed by atoms with van der Waals surface area (Å²) < 4.78 is 17.1. The van der Waals surface area contributed by atoms with E-state index in [-0.39, 0.29) is 18.6 Å². The van der Waals surface area contributed by atoms with Crippen molar-refractivity contribution in [2.75, 3.05) is 19.7 Å². The summed E-state index contributed by atoms with van der Waals surface area (Å²) in [5.41, 5.74) is 0.908. The van der Waals surface area contributed by atoms with Crippen LogP contribution in [0.3, 0.4) is 0 Å². The molecule has 124 valence electrons. The number of nitrogens with zero attached hydrogens (tertiary/aromatic N) is 2. The number of para-hydroxylation sites is 2. The summed E-state index contributed by atoms with van der Waals surface area (Å²) in [6, 6.07) is 13.0. The van der Waals surface area contributed by atoms with Crippen molar-refractivity contribution in [3.8, 4) is 17.4 Å². The molecule has 0 radical (unpaired) electrons. The smallest absolute Gasteiger partial charge is 0.267 e. The van der Waals surface area contributed by atoms with Crippen molar-refractivity contribution >= 4 is 5.91 Å². The highest BCUT2D eigenvalue weighted by molar-refractivity contribution is 5.82.